The van der Waals surface area contributed by atoms with Crippen molar-refractivity contribution in [3.8, 4) is 28.2 Å². The Bertz CT molecular complexity index is 2080. The summed E-state index contributed by atoms with van der Waals surface area (Å²) in [5, 5.41) is 2.69. The van der Waals surface area contributed by atoms with E-state index in [0.29, 0.717) is 11.8 Å². The van der Waals surface area contributed by atoms with Gasteiger partial charge in [-0.1, -0.05) is 82.3 Å². The Hall–Kier alpha value is -4.21. The molecule has 0 fully saturated rings. The SMILES string of the molecule is Cc1ccc(C)c2c1sc1ccc(-c3nc4ccccc4n3-c3c(C(C)C)cc(-c4ccccc4)cc3C(C)C)cc12. The third kappa shape index (κ3) is 4.26. The molecule has 0 N–H and O–H groups in total. The van der Waals surface area contributed by atoms with E-state index in [2.05, 4.69) is 143 Å². The highest BCUT2D eigenvalue weighted by Crippen LogP contribution is 2.43. The molecule has 0 atom stereocenters. The maximum absolute atomic E-state index is 5.32. The second-order valence-corrected chi connectivity index (χ2v) is 13.2. The van der Waals surface area contributed by atoms with Crippen LogP contribution in [0.25, 0.3) is 59.4 Å². The van der Waals surface area contributed by atoms with Crippen molar-refractivity contribution in [1.29, 1.82) is 0 Å². The lowest BCUT2D eigenvalue weighted by Gasteiger charge is -2.24. The molecular formula is C39H36N2S. The van der Waals surface area contributed by atoms with Crippen molar-refractivity contribution in [2.75, 3.05) is 0 Å². The number of benzene rings is 5. The van der Waals surface area contributed by atoms with Gasteiger partial charge < -0.3 is 0 Å². The summed E-state index contributed by atoms with van der Waals surface area (Å²) in [5.74, 6) is 1.67. The largest absolute Gasteiger partial charge is 0.292 e. The number of imidazole rings is 1. The molecule has 0 saturated carbocycles. The van der Waals surface area contributed by atoms with E-state index in [9.17, 15) is 0 Å². The zero-order chi connectivity index (χ0) is 29.1. The van der Waals surface area contributed by atoms with Crippen LogP contribution in [0.2, 0.25) is 0 Å². The second-order valence-electron chi connectivity index (χ2n) is 12.2. The van der Waals surface area contributed by atoms with Crippen molar-refractivity contribution >= 4 is 42.5 Å². The van der Waals surface area contributed by atoms with Crippen LogP contribution in [-0.2, 0) is 0 Å². The summed E-state index contributed by atoms with van der Waals surface area (Å²) < 4.78 is 5.16. The highest BCUT2D eigenvalue weighted by molar-refractivity contribution is 7.26. The molecule has 0 unspecified atom stereocenters. The first-order valence-electron chi connectivity index (χ1n) is 15.0. The number of fused-ring (bicyclic) bond motifs is 4. The fourth-order valence-corrected chi connectivity index (χ4v) is 7.61. The summed E-state index contributed by atoms with van der Waals surface area (Å²) in [6.45, 7) is 13.7. The van der Waals surface area contributed by atoms with Crippen molar-refractivity contribution < 1.29 is 0 Å². The summed E-state index contributed by atoms with van der Waals surface area (Å²) >= 11 is 1.90. The van der Waals surface area contributed by atoms with Gasteiger partial charge in [-0.25, -0.2) is 4.98 Å². The average molecular weight is 565 g/mol. The van der Waals surface area contributed by atoms with Crippen LogP contribution in [0.5, 0.6) is 0 Å². The number of thiophene rings is 1. The minimum atomic E-state index is 0.337. The molecule has 7 aromatic rings. The molecule has 7 rings (SSSR count). The first kappa shape index (κ1) is 26.7. The third-order valence-electron chi connectivity index (χ3n) is 8.59. The highest BCUT2D eigenvalue weighted by Gasteiger charge is 2.24. The van der Waals surface area contributed by atoms with Gasteiger partial charge in [-0.15, -0.1) is 11.3 Å². The lowest BCUT2D eigenvalue weighted by molar-refractivity contribution is 0.811. The van der Waals surface area contributed by atoms with Gasteiger partial charge in [-0.3, -0.25) is 4.57 Å². The zero-order valence-corrected chi connectivity index (χ0v) is 26.0. The van der Waals surface area contributed by atoms with Gasteiger partial charge in [0, 0.05) is 25.7 Å². The van der Waals surface area contributed by atoms with E-state index in [1.165, 1.54) is 59.2 Å². The van der Waals surface area contributed by atoms with Crippen LogP contribution in [-0.4, -0.2) is 9.55 Å². The first-order valence-corrected chi connectivity index (χ1v) is 15.8. The number of nitrogens with zero attached hydrogens (tertiary/aromatic N) is 2. The van der Waals surface area contributed by atoms with Gasteiger partial charge in [0.05, 0.1) is 16.7 Å². The molecule has 2 aromatic heterocycles. The van der Waals surface area contributed by atoms with E-state index < -0.39 is 0 Å². The number of aryl methyl sites for hydroxylation is 2. The molecule has 3 heteroatoms. The normalized spacial score (nSPS) is 12.0. The molecule has 0 spiro atoms. The predicted octanol–water partition coefficient (Wildman–Crippen LogP) is 11.6. The molecule has 0 bridgehead atoms. The first-order chi connectivity index (χ1) is 20.3. The second kappa shape index (κ2) is 10.3. The Labute approximate surface area is 252 Å². The van der Waals surface area contributed by atoms with E-state index in [1.807, 2.05) is 11.3 Å². The van der Waals surface area contributed by atoms with E-state index in [0.717, 1.165) is 22.4 Å². The van der Waals surface area contributed by atoms with Crippen molar-refractivity contribution in [2.45, 2.75) is 53.4 Å². The molecule has 5 aromatic carbocycles. The molecule has 0 aliphatic heterocycles. The zero-order valence-electron chi connectivity index (χ0n) is 25.2. The lowest BCUT2D eigenvalue weighted by atomic mass is 9.88. The van der Waals surface area contributed by atoms with Gasteiger partial charge in [0.25, 0.3) is 0 Å². The quantitative estimate of drug-likeness (QED) is 0.203. The van der Waals surface area contributed by atoms with Crippen molar-refractivity contribution in [3.05, 3.63) is 119 Å². The maximum atomic E-state index is 5.32. The van der Waals surface area contributed by atoms with Crippen LogP contribution in [0, 0.1) is 13.8 Å². The van der Waals surface area contributed by atoms with Gasteiger partial charge in [-0.2, -0.15) is 0 Å². The molecule has 0 aliphatic rings. The van der Waals surface area contributed by atoms with Gasteiger partial charge in [-0.05, 0) is 102 Å². The standard InChI is InChI=1S/C39H36N2S/c1-23(2)30-21-29(27-12-8-7-9-13-27)22-31(24(3)4)37(30)41-34-15-11-10-14-33(34)40-39(41)28-18-19-35-32(20-28)36-25(5)16-17-26(6)38(36)42-35/h7-24H,1-6H3. The minimum absolute atomic E-state index is 0.337. The van der Waals surface area contributed by atoms with Gasteiger partial charge in [0.15, 0.2) is 0 Å². The van der Waals surface area contributed by atoms with Crippen molar-refractivity contribution in [3.63, 3.8) is 0 Å². The average Bonchev–Trinajstić information content (AvgIpc) is 3.58. The molecule has 208 valence electrons. The maximum Gasteiger partial charge on any atom is 0.145 e. The molecule has 0 amide bonds. The predicted molar refractivity (Wildman–Crippen MR) is 182 cm³/mol. The smallest absolute Gasteiger partial charge is 0.145 e. The number of hydrogen-bond donors (Lipinski definition) is 0. The van der Waals surface area contributed by atoms with Crippen molar-refractivity contribution in [1.82, 2.24) is 9.55 Å². The van der Waals surface area contributed by atoms with Gasteiger partial charge in [0.1, 0.15) is 5.82 Å². The van der Waals surface area contributed by atoms with Crippen molar-refractivity contribution in [2.24, 2.45) is 0 Å². The molecule has 42 heavy (non-hydrogen) atoms. The Morgan fingerprint density at radius 3 is 2.02 bits per heavy atom. The highest BCUT2D eigenvalue weighted by atomic mass is 32.1. The van der Waals surface area contributed by atoms with Crippen LogP contribution in [0.4, 0.5) is 0 Å². The molecular weight excluding hydrogens is 529 g/mol. The monoisotopic (exact) mass is 564 g/mol. The number of rotatable bonds is 5. The van der Waals surface area contributed by atoms with E-state index >= 15 is 0 Å². The Kier molecular flexibility index (Phi) is 6.51. The molecule has 0 radical (unpaired) electrons. The fraction of sp³-hybridized carbons (Fsp3) is 0.205. The Morgan fingerprint density at radius 2 is 1.31 bits per heavy atom. The van der Waals surface area contributed by atoms with Crippen LogP contribution in [0.15, 0.2) is 97.1 Å². The van der Waals surface area contributed by atoms with Crippen LogP contribution >= 0.6 is 11.3 Å². The summed E-state index contributed by atoms with van der Waals surface area (Å²) in [4.78, 5) is 5.32. The fourth-order valence-electron chi connectivity index (χ4n) is 6.38. The molecule has 2 nitrogen and oxygen atoms in total. The van der Waals surface area contributed by atoms with Crippen LogP contribution < -0.4 is 0 Å². The Balaban J connectivity index is 1.56. The summed E-state index contributed by atoms with van der Waals surface area (Å²) in [5.41, 5.74) is 12.5. The summed E-state index contributed by atoms with van der Waals surface area (Å²) in [6.07, 6.45) is 0. The number of hydrogen-bond acceptors (Lipinski definition) is 2. The third-order valence-corrected chi connectivity index (χ3v) is 9.89. The molecule has 0 saturated heterocycles. The molecule has 2 heterocycles. The van der Waals surface area contributed by atoms with E-state index in [1.54, 1.807) is 0 Å². The topological polar surface area (TPSA) is 17.8 Å². The van der Waals surface area contributed by atoms with E-state index in [4.69, 9.17) is 4.98 Å². The van der Waals surface area contributed by atoms with E-state index in [-0.39, 0.29) is 0 Å². The van der Waals surface area contributed by atoms with Gasteiger partial charge >= 0.3 is 0 Å². The number of para-hydroxylation sites is 2. The summed E-state index contributed by atoms with van der Waals surface area (Å²) in [6, 6.07) is 35.6. The number of aromatic nitrogens is 2. The summed E-state index contributed by atoms with van der Waals surface area (Å²) in [7, 11) is 0. The lowest BCUT2D eigenvalue weighted by Crippen LogP contribution is -2.09. The Morgan fingerprint density at radius 1 is 0.643 bits per heavy atom. The molecule has 0 aliphatic carbocycles. The minimum Gasteiger partial charge on any atom is -0.292 e. The van der Waals surface area contributed by atoms with Crippen LogP contribution in [0.1, 0.15) is 61.8 Å². The van der Waals surface area contributed by atoms with Crippen LogP contribution in [0.3, 0.4) is 0 Å². The van der Waals surface area contributed by atoms with Gasteiger partial charge in [0.2, 0.25) is 0 Å².